The van der Waals surface area contributed by atoms with Crippen LogP contribution in [-0.2, 0) is 0 Å². The summed E-state index contributed by atoms with van der Waals surface area (Å²) in [6.45, 7) is 6.76. The number of hydrogen-bond donors (Lipinski definition) is 3. The van der Waals surface area contributed by atoms with Crippen molar-refractivity contribution in [3.63, 3.8) is 0 Å². The second-order valence-corrected chi connectivity index (χ2v) is 7.85. The summed E-state index contributed by atoms with van der Waals surface area (Å²) in [4.78, 5) is 14.9. The zero-order valence-corrected chi connectivity index (χ0v) is 15.4. The Labute approximate surface area is 150 Å². The van der Waals surface area contributed by atoms with Crippen LogP contribution in [0.4, 0.5) is 4.79 Å². The molecule has 2 atom stereocenters. The third-order valence-electron chi connectivity index (χ3n) is 5.71. The Balaban J connectivity index is 1.62. The molecular formula is C20H31N3O2. The number of benzene rings is 1. The van der Waals surface area contributed by atoms with Gasteiger partial charge >= 0.3 is 6.03 Å². The first-order valence-electron chi connectivity index (χ1n) is 9.49. The van der Waals surface area contributed by atoms with Crippen molar-refractivity contribution in [1.29, 1.82) is 0 Å². The van der Waals surface area contributed by atoms with E-state index < -0.39 is 5.54 Å². The summed E-state index contributed by atoms with van der Waals surface area (Å²) in [5, 5.41) is 15.7. The van der Waals surface area contributed by atoms with Gasteiger partial charge in [0.2, 0.25) is 0 Å². The first kappa shape index (κ1) is 18.2. The van der Waals surface area contributed by atoms with E-state index in [2.05, 4.69) is 46.7 Å². The van der Waals surface area contributed by atoms with Crippen LogP contribution in [0.5, 0.6) is 0 Å². The lowest BCUT2D eigenvalue weighted by Gasteiger charge is -2.31. The van der Waals surface area contributed by atoms with Crippen molar-refractivity contribution < 1.29 is 9.90 Å². The van der Waals surface area contributed by atoms with Gasteiger partial charge in [0.05, 0.1) is 18.2 Å². The number of aliphatic hydroxyl groups is 1. The second-order valence-electron chi connectivity index (χ2n) is 7.85. The van der Waals surface area contributed by atoms with Crippen LogP contribution in [0.1, 0.15) is 49.8 Å². The smallest absolute Gasteiger partial charge is 0.315 e. The van der Waals surface area contributed by atoms with E-state index in [4.69, 9.17) is 0 Å². The van der Waals surface area contributed by atoms with E-state index in [1.165, 1.54) is 24.0 Å². The number of likely N-dealkylation sites (tertiary alicyclic amines) is 1. The van der Waals surface area contributed by atoms with Gasteiger partial charge in [0, 0.05) is 6.54 Å². The van der Waals surface area contributed by atoms with Gasteiger partial charge in [-0.15, -0.1) is 0 Å². The Hall–Kier alpha value is -1.59. The fraction of sp³-hybridized carbons (Fsp3) is 0.650. The summed E-state index contributed by atoms with van der Waals surface area (Å²) in [6.07, 6.45) is 4.60. The molecule has 2 amide bonds. The molecule has 5 heteroatoms. The summed E-state index contributed by atoms with van der Waals surface area (Å²) >= 11 is 0. The van der Waals surface area contributed by atoms with Crippen molar-refractivity contribution in [2.45, 2.75) is 51.1 Å². The van der Waals surface area contributed by atoms with Crippen LogP contribution in [0.2, 0.25) is 0 Å². The van der Waals surface area contributed by atoms with Crippen LogP contribution in [-0.4, -0.2) is 47.8 Å². The molecule has 2 unspecified atom stereocenters. The summed E-state index contributed by atoms with van der Waals surface area (Å²) in [6, 6.07) is 8.62. The highest BCUT2D eigenvalue weighted by Crippen LogP contribution is 2.39. The molecule has 2 aliphatic rings. The third-order valence-corrected chi connectivity index (χ3v) is 5.71. The molecule has 0 bridgehead atoms. The fourth-order valence-electron chi connectivity index (χ4n) is 3.78. The number of rotatable bonds is 7. The Bertz CT molecular complexity index is 579. The quantitative estimate of drug-likeness (QED) is 0.712. The molecule has 3 N–H and O–H groups in total. The van der Waals surface area contributed by atoms with Crippen LogP contribution >= 0.6 is 0 Å². The average molecular weight is 345 g/mol. The highest BCUT2D eigenvalue weighted by Gasteiger charge is 2.42. The standard InChI is InChI=1S/C20H31N3O2/c1-15-5-7-16(8-6-15)18(23-11-3-4-12-23)13-21-19(25)22-20(2,14-24)17-9-10-17/h5-8,17-18,24H,3-4,9-14H2,1-2H3,(H2,21,22,25). The Morgan fingerprint density at radius 1 is 1.28 bits per heavy atom. The van der Waals surface area contributed by atoms with E-state index in [1.807, 2.05) is 6.92 Å². The molecule has 1 aliphatic carbocycles. The van der Waals surface area contributed by atoms with Crippen molar-refractivity contribution in [3.05, 3.63) is 35.4 Å². The van der Waals surface area contributed by atoms with Gasteiger partial charge in [-0.25, -0.2) is 4.79 Å². The molecule has 5 nitrogen and oxygen atoms in total. The molecule has 3 rings (SSSR count). The predicted molar refractivity (Wildman–Crippen MR) is 99.5 cm³/mol. The molecule has 0 spiro atoms. The number of nitrogens with one attached hydrogen (secondary N) is 2. The molecular weight excluding hydrogens is 314 g/mol. The largest absolute Gasteiger partial charge is 0.394 e. The lowest BCUT2D eigenvalue weighted by molar-refractivity contribution is 0.153. The Morgan fingerprint density at radius 3 is 2.48 bits per heavy atom. The van der Waals surface area contributed by atoms with E-state index in [9.17, 15) is 9.90 Å². The Kier molecular flexibility index (Phi) is 5.64. The molecule has 0 radical (unpaired) electrons. The molecule has 1 saturated heterocycles. The lowest BCUT2D eigenvalue weighted by Crippen LogP contribution is -2.55. The SMILES string of the molecule is Cc1ccc(C(CNC(=O)NC(C)(CO)C2CC2)N2CCCC2)cc1. The summed E-state index contributed by atoms with van der Waals surface area (Å²) in [5.41, 5.74) is 1.99. The minimum Gasteiger partial charge on any atom is -0.394 e. The molecule has 1 aromatic rings. The van der Waals surface area contributed by atoms with E-state index in [-0.39, 0.29) is 18.7 Å². The van der Waals surface area contributed by atoms with Crippen LogP contribution in [0.15, 0.2) is 24.3 Å². The summed E-state index contributed by atoms with van der Waals surface area (Å²) < 4.78 is 0. The number of amides is 2. The maximum Gasteiger partial charge on any atom is 0.315 e. The van der Waals surface area contributed by atoms with E-state index in [1.54, 1.807) is 0 Å². The van der Waals surface area contributed by atoms with Crippen LogP contribution in [0.3, 0.4) is 0 Å². The maximum atomic E-state index is 12.4. The van der Waals surface area contributed by atoms with Crippen molar-refractivity contribution in [1.82, 2.24) is 15.5 Å². The second kappa shape index (κ2) is 7.75. The van der Waals surface area contributed by atoms with Gasteiger partial charge < -0.3 is 15.7 Å². The number of aryl methyl sites for hydroxylation is 1. The first-order valence-corrected chi connectivity index (χ1v) is 9.49. The predicted octanol–water partition coefficient (Wildman–Crippen LogP) is 2.59. The molecule has 1 saturated carbocycles. The van der Waals surface area contributed by atoms with Crippen LogP contribution in [0.25, 0.3) is 0 Å². The molecule has 138 valence electrons. The third kappa shape index (κ3) is 4.53. The van der Waals surface area contributed by atoms with Gasteiger partial charge in [-0.2, -0.15) is 0 Å². The van der Waals surface area contributed by atoms with Gasteiger partial charge in [-0.05, 0) is 64.1 Å². The maximum absolute atomic E-state index is 12.4. The van der Waals surface area contributed by atoms with E-state index in [0.717, 1.165) is 25.9 Å². The van der Waals surface area contributed by atoms with Crippen molar-refractivity contribution in [2.24, 2.45) is 5.92 Å². The summed E-state index contributed by atoms with van der Waals surface area (Å²) in [5.74, 6) is 0.398. The molecule has 1 aliphatic heterocycles. The van der Waals surface area contributed by atoms with E-state index >= 15 is 0 Å². The van der Waals surface area contributed by atoms with Gasteiger partial charge in [-0.1, -0.05) is 29.8 Å². The normalized spacial score (nSPS) is 21.6. The fourth-order valence-corrected chi connectivity index (χ4v) is 3.78. The van der Waals surface area contributed by atoms with Gasteiger partial charge in [-0.3, -0.25) is 4.90 Å². The molecule has 0 aromatic heterocycles. The molecule has 25 heavy (non-hydrogen) atoms. The Morgan fingerprint density at radius 2 is 1.92 bits per heavy atom. The van der Waals surface area contributed by atoms with Crippen LogP contribution in [0, 0.1) is 12.8 Å². The monoisotopic (exact) mass is 345 g/mol. The molecule has 1 aromatic carbocycles. The summed E-state index contributed by atoms with van der Waals surface area (Å²) in [7, 11) is 0. The lowest BCUT2D eigenvalue weighted by atomic mass is 9.97. The zero-order chi connectivity index (χ0) is 17.9. The van der Waals surface area contributed by atoms with Crippen molar-refractivity contribution in [2.75, 3.05) is 26.2 Å². The molecule has 1 heterocycles. The average Bonchev–Trinajstić information content (AvgIpc) is 3.34. The van der Waals surface area contributed by atoms with E-state index in [0.29, 0.717) is 12.5 Å². The van der Waals surface area contributed by atoms with Crippen LogP contribution < -0.4 is 10.6 Å². The van der Waals surface area contributed by atoms with Gasteiger partial charge in [0.1, 0.15) is 0 Å². The topological polar surface area (TPSA) is 64.6 Å². The van der Waals surface area contributed by atoms with Gasteiger partial charge in [0.15, 0.2) is 0 Å². The number of urea groups is 1. The van der Waals surface area contributed by atoms with Crippen molar-refractivity contribution in [3.8, 4) is 0 Å². The highest BCUT2D eigenvalue weighted by molar-refractivity contribution is 5.75. The molecule has 2 fully saturated rings. The minimum absolute atomic E-state index is 0.0153. The number of aliphatic hydroxyl groups excluding tert-OH is 1. The number of carbonyl (C=O) groups excluding carboxylic acids is 1. The zero-order valence-electron chi connectivity index (χ0n) is 15.4. The van der Waals surface area contributed by atoms with Gasteiger partial charge in [0.25, 0.3) is 0 Å². The first-order chi connectivity index (χ1) is 12.0. The highest BCUT2D eigenvalue weighted by atomic mass is 16.3. The van der Waals surface area contributed by atoms with Crippen molar-refractivity contribution >= 4 is 6.03 Å². The minimum atomic E-state index is -0.503. The number of carbonyl (C=O) groups is 1. The number of nitrogens with zero attached hydrogens (tertiary/aromatic N) is 1. The number of hydrogen-bond acceptors (Lipinski definition) is 3.